The second-order valence-corrected chi connectivity index (χ2v) is 4.68. The number of carbonyl (C=O) groups is 1. The van der Waals surface area contributed by atoms with Crippen molar-refractivity contribution in [2.45, 2.75) is 18.9 Å². The van der Waals surface area contributed by atoms with Gasteiger partial charge in [0.05, 0.1) is 10.6 Å². The molecule has 0 bridgehead atoms. The Bertz CT molecular complexity index is 367. The lowest BCUT2D eigenvalue weighted by Gasteiger charge is -2.17. The van der Waals surface area contributed by atoms with Gasteiger partial charge in [-0.3, -0.25) is 0 Å². The molecule has 1 aromatic rings. The molecule has 0 aromatic carbocycles. The summed E-state index contributed by atoms with van der Waals surface area (Å²) in [6.07, 6.45) is 1.54. The van der Waals surface area contributed by atoms with Gasteiger partial charge in [-0.2, -0.15) is 0 Å². The molecule has 0 atom stereocenters. The van der Waals surface area contributed by atoms with Gasteiger partial charge in [0, 0.05) is 18.5 Å². The van der Waals surface area contributed by atoms with Crippen molar-refractivity contribution in [1.29, 1.82) is 0 Å². The van der Waals surface area contributed by atoms with Gasteiger partial charge >= 0.3 is 5.97 Å². The van der Waals surface area contributed by atoms with Crippen LogP contribution >= 0.6 is 11.8 Å². The molecule has 1 rings (SSSR count). The third kappa shape index (κ3) is 4.75. The van der Waals surface area contributed by atoms with Crippen LogP contribution in [0.4, 0.5) is 0 Å². The number of aromatic carboxylic acids is 1. The smallest absolute Gasteiger partial charge is 0.335 e. The molecule has 0 unspecified atom stereocenters. The zero-order chi connectivity index (χ0) is 12.7. The molecule has 17 heavy (non-hydrogen) atoms. The molecule has 1 aromatic heterocycles. The van der Waals surface area contributed by atoms with Crippen LogP contribution in [0.2, 0.25) is 0 Å². The largest absolute Gasteiger partial charge is 0.478 e. The van der Waals surface area contributed by atoms with Crippen LogP contribution in [-0.4, -0.2) is 46.3 Å². The molecule has 1 N–H and O–H groups in total. The average Bonchev–Trinajstić information content (AvgIpc) is 2.35. The fourth-order valence-electron chi connectivity index (χ4n) is 1.44. The zero-order valence-electron chi connectivity index (χ0n) is 10.2. The number of carboxylic acids is 1. The minimum absolute atomic E-state index is 0.297. The number of aromatic nitrogens is 1. The Labute approximate surface area is 106 Å². The van der Waals surface area contributed by atoms with E-state index in [-0.39, 0.29) is 0 Å². The summed E-state index contributed by atoms with van der Waals surface area (Å²) < 4.78 is 0. The number of pyridine rings is 1. The lowest BCUT2D eigenvalue weighted by molar-refractivity contribution is 0.0696. The van der Waals surface area contributed by atoms with E-state index in [9.17, 15) is 4.79 Å². The van der Waals surface area contributed by atoms with Crippen LogP contribution < -0.4 is 0 Å². The molecule has 0 saturated carbocycles. The van der Waals surface area contributed by atoms with Gasteiger partial charge < -0.3 is 10.0 Å². The fraction of sp³-hybridized carbons (Fsp3) is 0.500. The van der Waals surface area contributed by atoms with Crippen molar-refractivity contribution in [3.05, 3.63) is 23.9 Å². The van der Waals surface area contributed by atoms with Gasteiger partial charge in [-0.1, -0.05) is 13.8 Å². The monoisotopic (exact) mass is 254 g/mol. The number of hydrogen-bond acceptors (Lipinski definition) is 4. The average molecular weight is 254 g/mol. The third-order valence-corrected chi connectivity index (χ3v) is 3.44. The van der Waals surface area contributed by atoms with E-state index in [0.29, 0.717) is 5.56 Å². The first-order chi connectivity index (χ1) is 8.17. The van der Waals surface area contributed by atoms with Gasteiger partial charge in [-0.25, -0.2) is 9.78 Å². The first-order valence-electron chi connectivity index (χ1n) is 5.71. The van der Waals surface area contributed by atoms with Gasteiger partial charge in [-0.05, 0) is 25.2 Å². The van der Waals surface area contributed by atoms with Crippen molar-refractivity contribution in [2.24, 2.45) is 0 Å². The van der Waals surface area contributed by atoms with E-state index in [0.717, 1.165) is 30.4 Å². The molecule has 0 fully saturated rings. The summed E-state index contributed by atoms with van der Waals surface area (Å²) in [7, 11) is 0. The highest BCUT2D eigenvalue weighted by Gasteiger charge is 2.05. The van der Waals surface area contributed by atoms with Gasteiger partial charge in [-0.15, -0.1) is 11.8 Å². The highest BCUT2D eigenvalue weighted by atomic mass is 32.2. The van der Waals surface area contributed by atoms with Gasteiger partial charge in [0.15, 0.2) is 0 Å². The number of rotatable bonds is 7. The van der Waals surface area contributed by atoms with Crippen molar-refractivity contribution in [2.75, 3.05) is 25.4 Å². The van der Waals surface area contributed by atoms with E-state index >= 15 is 0 Å². The molecule has 1 heterocycles. The van der Waals surface area contributed by atoms with E-state index in [1.54, 1.807) is 24.0 Å². The topological polar surface area (TPSA) is 53.4 Å². The SMILES string of the molecule is CCN(CC)CCSc1cc(C(=O)O)ccn1. The van der Waals surface area contributed by atoms with Gasteiger partial charge in [0.1, 0.15) is 0 Å². The second-order valence-electron chi connectivity index (χ2n) is 3.56. The van der Waals surface area contributed by atoms with E-state index in [2.05, 4.69) is 23.7 Å². The lowest BCUT2D eigenvalue weighted by Crippen LogP contribution is -2.25. The molecular weight excluding hydrogens is 236 g/mol. The summed E-state index contributed by atoms with van der Waals surface area (Å²) in [5, 5.41) is 9.63. The van der Waals surface area contributed by atoms with E-state index in [1.807, 2.05) is 0 Å². The van der Waals surface area contributed by atoms with Gasteiger partial charge in [0.2, 0.25) is 0 Å². The van der Waals surface area contributed by atoms with Crippen LogP contribution in [0.1, 0.15) is 24.2 Å². The summed E-state index contributed by atoms with van der Waals surface area (Å²) in [6.45, 7) is 7.35. The maximum Gasteiger partial charge on any atom is 0.335 e. The summed E-state index contributed by atoms with van der Waals surface area (Å²) in [5.74, 6) is 0.0237. The van der Waals surface area contributed by atoms with Crippen LogP contribution in [-0.2, 0) is 0 Å². The predicted molar refractivity (Wildman–Crippen MR) is 69.7 cm³/mol. The summed E-state index contributed by atoms with van der Waals surface area (Å²) in [4.78, 5) is 17.3. The molecule has 0 aliphatic carbocycles. The number of carboxylic acid groups (broad SMARTS) is 1. The molecule has 94 valence electrons. The minimum atomic E-state index is -0.905. The summed E-state index contributed by atoms with van der Waals surface area (Å²) in [5.41, 5.74) is 0.297. The standard InChI is InChI=1S/C12H18N2O2S/c1-3-14(4-2)7-8-17-11-9-10(12(15)16)5-6-13-11/h5-6,9H,3-4,7-8H2,1-2H3,(H,15,16). The van der Waals surface area contributed by atoms with Crippen molar-refractivity contribution in [3.8, 4) is 0 Å². The van der Waals surface area contributed by atoms with Crippen LogP contribution in [0, 0.1) is 0 Å². The first-order valence-corrected chi connectivity index (χ1v) is 6.70. The Balaban J connectivity index is 2.46. The Hall–Kier alpha value is -1.07. The maximum atomic E-state index is 10.8. The Kier molecular flexibility index (Phi) is 6.00. The zero-order valence-corrected chi connectivity index (χ0v) is 11.0. The molecular formula is C12H18N2O2S. The van der Waals surface area contributed by atoms with Crippen LogP contribution in [0.5, 0.6) is 0 Å². The molecule has 0 radical (unpaired) electrons. The summed E-state index contributed by atoms with van der Waals surface area (Å²) in [6, 6.07) is 3.13. The Morgan fingerprint density at radius 3 is 2.76 bits per heavy atom. The maximum absolute atomic E-state index is 10.8. The molecule has 5 heteroatoms. The van der Waals surface area contributed by atoms with Crippen LogP contribution in [0.3, 0.4) is 0 Å². The van der Waals surface area contributed by atoms with Crippen molar-refractivity contribution < 1.29 is 9.90 Å². The highest BCUT2D eigenvalue weighted by molar-refractivity contribution is 7.99. The van der Waals surface area contributed by atoms with E-state index < -0.39 is 5.97 Å². The van der Waals surface area contributed by atoms with E-state index in [4.69, 9.17) is 5.11 Å². The fourth-order valence-corrected chi connectivity index (χ4v) is 2.34. The highest BCUT2D eigenvalue weighted by Crippen LogP contribution is 2.16. The molecule has 0 amide bonds. The predicted octanol–water partition coefficient (Wildman–Crippen LogP) is 2.21. The molecule has 4 nitrogen and oxygen atoms in total. The van der Waals surface area contributed by atoms with Crippen LogP contribution in [0.15, 0.2) is 23.4 Å². The normalized spacial score (nSPS) is 10.8. The van der Waals surface area contributed by atoms with Crippen molar-refractivity contribution in [3.63, 3.8) is 0 Å². The first kappa shape index (κ1) is 14.0. The van der Waals surface area contributed by atoms with Crippen molar-refractivity contribution in [1.82, 2.24) is 9.88 Å². The second kappa shape index (κ2) is 7.29. The third-order valence-electron chi connectivity index (χ3n) is 2.53. The number of nitrogens with zero attached hydrogens (tertiary/aromatic N) is 2. The molecule has 0 aliphatic heterocycles. The molecule has 0 aliphatic rings. The Morgan fingerprint density at radius 2 is 2.18 bits per heavy atom. The number of thioether (sulfide) groups is 1. The van der Waals surface area contributed by atoms with Crippen molar-refractivity contribution >= 4 is 17.7 Å². The van der Waals surface area contributed by atoms with Gasteiger partial charge in [0.25, 0.3) is 0 Å². The van der Waals surface area contributed by atoms with Crippen LogP contribution in [0.25, 0.3) is 0 Å². The summed E-state index contributed by atoms with van der Waals surface area (Å²) >= 11 is 1.59. The minimum Gasteiger partial charge on any atom is -0.478 e. The molecule has 0 spiro atoms. The molecule has 0 saturated heterocycles. The Morgan fingerprint density at radius 1 is 1.47 bits per heavy atom. The lowest BCUT2D eigenvalue weighted by atomic mass is 10.3. The number of hydrogen-bond donors (Lipinski definition) is 1. The van der Waals surface area contributed by atoms with E-state index in [1.165, 1.54) is 6.07 Å². The quantitative estimate of drug-likeness (QED) is 0.756.